The fourth-order valence-electron chi connectivity index (χ4n) is 3.82. The normalized spacial score (nSPS) is 11.7. The Morgan fingerprint density at radius 1 is 1.05 bits per heavy atom. The van der Waals surface area contributed by atoms with Crippen molar-refractivity contribution >= 4 is 67.1 Å². The molecule has 0 saturated heterocycles. The molecule has 4 rings (SSSR count). The van der Waals surface area contributed by atoms with Gasteiger partial charge in [-0.3, -0.25) is 9.35 Å². The minimum absolute atomic E-state index is 0.0852. The van der Waals surface area contributed by atoms with E-state index in [1.54, 1.807) is 49.4 Å². The number of nitrogens with zero attached hydrogens (tertiary/aromatic N) is 2. The number of hydrogen-bond donors (Lipinski definition) is 3. The van der Waals surface area contributed by atoms with Crippen LogP contribution in [0, 0.1) is 0 Å². The number of rotatable bonds is 7. The van der Waals surface area contributed by atoms with Gasteiger partial charge in [0, 0.05) is 11.1 Å². The number of aromatic hydroxyl groups is 1. The molecule has 3 N–H and O–H groups in total. The minimum atomic E-state index is -4.75. The summed E-state index contributed by atoms with van der Waals surface area (Å²) in [4.78, 5) is 12.5. The number of nitrogens with one attached hydrogen (secondary N) is 1. The molecule has 0 radical (unpaired) electrons. The average Bonchev–Trinajstić information content (AvgIpc) is 2.87. The zero-order valence-electron chi connectivity index (χ0n) is 20.1. The second kappa shape index (κ2) is 11.0. The Balaban J connectivity index is 1.82. The topological polar surface area (TPSA) is 138 Å². The van der Waals surface area contributed by atoms with Gasteiger partial charge in [-0.1, -0.05) is 60.5 Å². The number of methoxy groups -OCH3 is 1. The number of anilines is 1. The van der Waals surface area contributed by atoms with E-state index in [1.807, 2.05) is 0 Å². The highest BCUT2D eigenvalue weighted by Gasteiger charge is 2.23. The van der Waals surface area contributed by atoms with Crippen LogP contribution < -0.4 is 10.1 Å². The van der Waals surface area contributed by atoms with E-state index >= 15 is 0 Å². The highest BCUT2D eigenvalue weighted by Crippen LogP contribution is 2.41. The molecule has 0 aliphatic rings. The number of carbonyl (C=O) groups excluding carboxylic acids is 1. The van der Waals surface area contributed by atoms with Gasteiger partial charge in [-0.2, -0.15) is 8.42 Å². The predicted molar refractivity (Wildman–Crippen MR) is 146 cm³/mol. The summed E-state index contributed by atoms with van der Waals surface area (Å²) in [6, 6.07) is 15.9. The number of carbonyl (C=O) groups is 1. The maximum absolute atomic E-state index is 13.1. The molecule has 0 heterocycles. The number of fused-ring (bicyclic) bond motifs is 1. The lowest BCUT2D eigenvalue weighted by molar-refractivity contribution is 0.102. The van der Waals surface area contributed by atoms with Crippen molar-refractivity contribution in [3.8, 4) is 11.5 Å². The van der Waals surface area contributed by atoms with E-state index in [9.17, 15) is 22.9 Å². The molecule has 0 fully saturated rings. The molecule has 0 atom stereocenters. The van der Waals surface area contributed by atoms with Crippen LogP contribution in [0.5, 0.6) is 11.5 Å². The Morgan fingerprint density at radius 2 is 1.79 bits per heavy atom. The number of benzene rings is 4. The van der Waals surface area contributed by atoms with Crippen LogP contribution in [0.1, 0.15) is 22.8 Å². The van der Waals surface area contributed by atoms with Gasteiger partial charge in [-0.25, -0.2) is 0 Å². The average molecular weight is 574 g/mol. The monoisotopic (exact) mass is 573 g/mol. The van der Waals surface area contributed by atoms with Crippen molar-refractivity contribution in [3.05, 3.63) is 81.8 Å². The number of amides is 1. The number of phenolic OH excluding ortho intramolecular Hbond substituents is 1. The summed E-state index contributed by atoms with van der Waals surface area (Å²) in [6.07, 6.45) is 0.417. The molecule has 0 aromatic heterocycles. The molecule has 196 valence electrons. The first kappa shape index (κ1) is 27.3. The van der Waals surface area contributed by atoms with Gasteiger partial charge in [0.1, 0.15) is 22.0 Å². The van der Waals surface area contributed by atoms with Crippen LogP contribution in [0.15, 0.2) is 75.8 Å². The van der Waals surface area contributed by atoms with E-state index in [-0.39, 0.29) is 27.0 Å². The SMILES string of the molecule is CCc1ccc(N=Nc2c(O)c(C(=O)Nc3ccc(OC)c(Cl)c3)cc3ccccc23)c(S(=O)(=O)O)c1Cl. The molecule has 0 aliphatic carbocycles. The van der Waals surface area contributed by atoms with Crippen LogP contribution in [-0.2, 0) is 16.5 Å². The number of halogens is 2. The van der Waals surface area contributed by atoms with E-state index in [1.165, 1.54) is 25.3 Å². The molecule has 12 heteroatoms. The highest BCUT2D eigenvalue weighted by molar-refractivity contribution is 7.86. The third-order valence-electron chi connectivity index (χ3n) is 5.70. The summed E-state index contributed by atoms with van der Waals surface area (Å²) in [7, 11) is -3.28. The third-order valence-corrected chi connectivity index (χ3v) is 7.47. The van der Waals surface area contributed by atoms with Crippen LogP contribution in [0.2, 0.25) is 10.0 Å². The van der Waals surface area contributed by atoms with E-state index in [2.05, 4.69) is 15.5 Å². The maximum atomic E-state index is 13.1. The van der Waals surface area contributed by atoms with Gasteiger partial charge >= 0.3 is 0 Å². The summed E-state index contributed by atoms with van der Waals surface area (Å²) >= 11 is 12.4. The Labute approximate surface area is 228 Å². The Kier molecular flexibility index (Phi) is 7.89. The number of aryl methyl sites for hydroxylation is 1. The molecular formula is C26H21Cl2N3O6S. The number of ether oxygens (including phenoxy) is 1. The van der Waals surface area contributed by atoms with Gasteiger partial charge in [-0.05, 0) is 47.7 Å². The predicted octanol–water partition coefficient (Wildman–Crippen LogP) is 7.34. The van der Waals surface area contributed by atoms with E-state index in [4.69, 9.17) is 27.9 Å². The van der Waals surface area contributed by atoms with Gasteiger partial charge in [0.2, 0.25) is 0 Å². The summed E-state index contributed by atoms with van der Waals surface area (Å²) in [5, 5.41) is 22.9. The molecule has 1 amide bonds. The number of hydrogen-bond acceptors (Lipinski definition) is 7. The molecular weight excluding hydrogens is 553 g/mol. The first-order valence-corrected chi connectivity index (χ1v) is 13.3. The molecule has 0 bridgehead atoms. The van der Waals surface area contributed by atoms with Crippen LogP contribution in [-0.4, -0.2) is 31.1 Å². The fraction of sp³-hybridized carbons (Fsp3) is 0.115. The molecule has 0 saturated carbocycles. The zero-order valence-corrected chi connectivity index (χ0v) is 22.4. The van der Waals surface area contributed by atoms with Crippen molar-refractivity contribution in [2.45, 2.75) is 18.2 Å². The van der Waals surface area contributed by atoms with Crippen LogP contribution >= 0.6 is 23.2 Å². The Morgan fingerprint density at radius 3 is 2.45 bits per heavy atom. The maximum Gasteiger partial charge on any atom is 0.298 e. The van der Waals surface area contributed by atoms with Gasteiger partial charge in [0.05, 0.1) is 22.7 Å². The third kappa shape index (κ3) is 5.44. The molecule has 0 aliphatic heterocycles. The van der Waals surface area contributed by atoms with Crippen LogP contribution in [0.4, 0.5) is 17.1 Å². The first-order chi connectivity index (χ1) is 18.0. The van der Waals surface area contributed by atoms with Gasteiger partial charge in [-0.15, -0.1) is 10.2 Å². The first-order valence-electron chi connectivity index (χ1n) is 11.1. The quantitative estimate of drug-likeness (QED) is 0.156. The van der Waals surface area contributed by atoms with Gasteiger partial charge in [0.15, 0.2) is 5.75 Å². The standard InChI is InChI=1S/C26H21Cl2N3O6S/c1-3-14-8-10-20(25(22(14)28)38(34,35)36)30-31-23-17-7-5-4-6-15(17)12-18(24(23)32)26(33)29-16-9-11-21(37-2)19(27)13-16/h4-13,32H,3H2,1-2H3,(H,29,33)(H,34,35,36). The van der Waals surface area contributed by atoms with Crippen molar-refractivity contribution < 1.29 is 27.6 Å². The smallest absolute Gasteiger partial charge is 0.298 e. The summed E-state index contributed by atoms with van der Waals surface area (Å²) < 4.78 is 39.0. The fourth-order valence-corrected chi connectivity index (χ4v) is 5.40. The van der Waals surface area contributed by atoms with Crippen molar-refractivity contribution in [2.75, 3.05) is 12.4 Å². The lowest BCUT2D eigenvalue weighted by Crippen LogP contribution is -2.12. The van der Waals surface area contributed by atoms with Gasteiger partial charge in [0.25, 0.3) is 16.0 Å². The lowest BCUT2D eigenvalue weighted by Gasteiger charge is -2.12. The number of phenols is 1. The molecule has 4 aromatic carbocycles. The van der Waals surface area contributed by atoms with E-state index in [0.717, 1.165) is 0 Å². The van der Waals surface area contributed by atoms with E-state index < -0.39 is 26.7 Å². The molecule has 38 heavy (non-hydrogen) atoms. The Bertz CT molecular complexity index is 1710. The summed E-state index contributed by atoms with van der Waals surface area (Å²) in [5.41, 5.74) is 0.418. The van der Waals surface area contributed by atoms with Crippen LogP contribution in [0.3, 0.4) is 0 Å². The van der Waals surface area contributed by atoms with Crippen molar-refractivity contribution in [3.63, 3.8) is 0 Å². The zero-order chi connectivity index (χ0) is 27.6. The second-order valence-corrected chi connectivity index (χ2v) is 10.2. The Hall–Kier alpha value is -3.70. The van der Waals surface area contributed by atoms with E-state index in [0.29, 0.717) is 34.2 Å². The van der Waals surface area contributed by atoms with Crippen molar-refractivity contribution in [1.29, 1.82) is 0 Å². The minimum Gasteiger partial charge on any atom is -0.505 e. The summed E-state index contributed by atoms with van der Waals surface area (Å²) in [6.45, 7) is 1.77. The van der Waals surface area contributed by atoms with Gasteiger partial charge < -0.3 is 15.2 Å². The van der Waals surface area contributed by atoms with Crippen molar-refractivity contribution in [1.82, 2.24) is 0 Å². The molecule has 9 nitrogen and oxygen atoms in total. The highest BCUT2D eigenvalue weighted by atomic mass is 35.5. The van der Waals surface area contributed by atoms with Crippen LogP contribution in [0.25, 0.3) is 10.8 Å². The summed E-state index contributed by atoms with van der Waals surface area (Å²) in [5.74, 6) is -0.716. The molecule has 0 unspecified atom stereocenters. The number of azo groups is 1. The second-order valence-electron chi connectivity index (χ2n) is 8.06. The largest absolute Gasteiger partial charge is 0.505 e. The lowest BCUT2D eigenvalue weighted by atomic mass is 10.0. The molecule has 4 aromatic rings. The molecule has 0 spiro atoms. The van der Waals surface area contributed by atoms with Crippen molar-refractivity contribution in [2.24, 2.45) is 10.2 Å².